The molecule has 4 nitrogen and oxygen atoms in total. The average molecular weight is 228 g/mol. The molecule has 0 bridgehead atoms. The van der Waals surface area contributed by atoms with Crippen molar-refractivity contribution < 1.29 is 4.92 Å². The van der Waals surface area contributed by atoms with Crippen molar-refractivity contribution in [3.05, 3.63) is 71.6 Å². The van der Waals surface area contributed by atoms with Crippen LogP contribution < -0.4 is 0 Å². The number of hydrogen-bond donors (Lipinski definition) is 0. The Morgan fingerprint density at radius 1 is 1.35 bits per heavy atom. The monoisotopic (exact) mass is 228 g/mol. The first-order valence-electron chi connectivity index (χ1n) is 4.87. The largest absolute Gasteiger partial charge is 0.295 e. The predicted octanol–water partition coefficient (Wildman–Crippen LogP) is 3.39. The van der Waals surface area contributed by atoms with Gasteiger partial charge in [0, 0.05) is 11.6 Å². The predicted molar refractivity (Wildman–Crippen MR) is 69.4 cm³/mol. The van der Waals surface area contributed by atoms with E-state index in [-0.39, 0.29) is 11.4 Å². The van der Waals surface area contributed by atoms with Gasteiger partial charge in [-0.25, -0.2) is 4.98 Å². The van der Waals surface area contributed by atoms with E-state index in [0.717, 1.165) is 0 Å². The van der Waals surface area contributed by atoms with E-state index in [9.17, 15) is 10.1 Å². The van der Waals surface area contributed by atoms with Crippen molar-refractivity contribution in [3.63, 3.8) is 0 Å². The quantitative estimate of drug-likeness (QED) is 0.441. The smallest absolute Gasteiger partial charge is 0.258 e. The van der Waals surface area contributed by atoms with Gasteiger partial charge in [-0.2, -0.15) is 0 Å². The van der Waals surface area contributed by atoms with Crippen LogP contribution in [-0.4, -0.2) is 9.91 Å². The Morgan fingerprint density at radius 3 is 2.53 bits per heavy atom. The third-order valence-corrected chi connectivity index (χ3v) is 2.09. The average Bonchev–Trinajstić information content (AvgIpc) is 2.35. The second kappa shape index (κ2) is 5.55. The molecular formula is C13H12N2O2. The fourth-order valence-corrected chi connectivity index (χ4v) is 1.31. The molecule has 0 N–H and O–H groups in total. The lowest BCUT2D eigenvalue weighted by atomic mass is 10.1. The molecule has 0 spiro atoms. The summed E-state index contributed by atoms with van der Waals surface area (Å²) in [6.07, 6.45) is 6.18. The third-order valence-electron chi connectivity index (χ3n) is 2.09. The zero-order valence-electron chi connectivity index (χ0n) is 9.30. The standard InChI is InChI=1S/C13H12N2O2/c1-4-7-10(5-2)13-12(15(16)17)9-8-11(6-3)14-13/h4-9H,1-3H2/b10-7+. The van der Waals surface area contributed by atoms with E-state index in [1.54, 1.807) is 12.1 Å². The Labute approximate surface area is 99.5 Å². The van der Waals surface area contributed by atoms with Crippen molar-refractivity contribution in [2.75, 3.05) is 0 Å². The fourth-order valence-electron chi connectivity index (χ4n) is 1.31. The van der Waals surface area contributed by atoms with Crippen molar-refractivity contribution in [3.8, 4) is 0 Å². The summed E-state index contributed by atoms with van der Waals surface area (Å²) in [6.45, 7) is 10.7. The lowest BCUT2D eigenvalue weighted by molar-refractivity contribution is -0.385. The minimum absolute atomic E-state index is 0.0661. The fraction of sp³-hybridized carbons (Fsp3) is 0. The van der Waals surface area contributed by atoms with Gasteiger partial charge in [-0.15, -0.1) is 0 Å². The summed E-state index contributed by atoms with van der Waals surface area (Å²) in [4.78, 5) is 14.6. The van der Waals surface area contributed by atoms with E-state index in [0.29, 0.717) is 11.3 Å². The number of allylic oxidation sites excluding steroid dienone is 4. The summed E-state index contributed by atoms with van der Waals surface area (Å²) < 4.78 is 0. The maximum Gasteiger partial charge on any atom is 0.295 e. The number of nitrogens with zero attached hydrogens (tertiary/aromatic N) is 2. The van der Waals surface area contributed by atoms with Crippen LogP contribution in [0.5, 0.6) is 0 Å². The molecule has 0 radical (unpaired) electrons. The van der Waals surface area contributed by atoms with Crippen molar-refractivity contribution in [1.29, 1.82) is 0 Å². The summed E-state index contributed by atoms with van der Waals surface area (Å²) in [6, 6.07) is 2.95. The van der Waals surface area contributed by atoms with Crippen LogP contribution in [0.1, 0.15) is 11.4 Å². The topological polar surface area (TPSA) is 56.0 Å². The molecule has 0 fully saturated rings. The molecule has 4 heteroatoms. The molecule has 1 rings (SSSR count). The van der Waals surface area contributed by atoms with E-state index < -0.39 is 4.92 Å². The molecule has 0 aliphatic rings. The van der Waals surface area contributed by atoms with Gasteiger partial charge in [-0.3, -0.25) is 10.1 Å². The minimum Gasteiger partial charge on any atom is -0.258 e. The maximum atomic E-state index is 10.9. The first-order valence-corrected chi connectivity index (χ1v) is 4.87. The summed E-state index contributed by atoms with van der Waals surface area (Å²) in [5.41, 5.74) is 1.32. The maximum absolute atomic E-state index is 10.9. The molecule has 0 aromatic carbocycles. The van der Waals surface area contributed by atoms with E-state index in [1.165, 1.54) is 24.3 Å². The SMILES string of the molecule is C=C/C=C(\C=C)c1nc(C=C)ccc1[N+](=O)[O-]. The molecule has 0 unspecified atom stereocenters. The van der Waals surface area contributed by atoms with E-state index in [1.807, 2.05) is 0 Å². The Morgan fingerprint density at radius 2 is 2.06 bits per heavy atom. The van der Waals surface area contributed by atoms with Gasteiger partial charge in [-0.1, -0.05) is 38.0 Å². The number of rotatable bonds is 5. The van der Waals surface area contributed by atoms with E-state index in [4.69, 9.17) is 0 Å². The molecule has 17 heavy (non-hydrogen) atoms. The van der Waals surface area contributed by atoms with Crippen molar-refractivity contribution in [1.82, 2.24) is 4.98 Å². The highest BCUT2D eigenvalue weighted by atomic mass is 16.6. The number of aromatic nitrogens is 1. The normalized spacial score (nSPS) is 10.7. The van der Waals surface area contributed by atoms with Crippen molar-refractivity contribution in [2.45, 2.75) is 0 Å². The number of hydrogen-bond acceptors (Lipinski definition) is 3. The zero-order chi connectivity index (χ0) is 12.8. The van der Waals surface area contributed by atoms with Crippen LogP contribution in [-0.2, 0) is 0 Å². The Hall–Kier alpha value is -2.49. The summed E-state index contributed by atoms with van der Waals surface area (Å²) >= 11 is 0. The highest BCUT2D eigenvalue weighted by Crippen LogP contribution is 2.25. The molecular weight excluding hydrogens is 216 g/mol. The van der Waals surface area contributed by atoms with Crippen LogP contribution in [0.3, 0.4) is 0 Å². The lowest BCUT2D eigenvalue weighted by Crippen LogP contribution is -1.98. The third kappa shape index (κ3) is 2.75. The first kappa shape index (κ1) is 12.6. The zero-order valence-corrected chi connectivity index (χ0v) is 9.30. The van der Waals surface area contributed by atoms with E-state index >= 15 is 0 Å². The Kier molecular flexibility index (Phi) is 4.11. The molecule has 86 valence electrons. The van der Waals surface area contributed by atoms with Crippen LogP contribution in [0.15, 0.2) is 50.1 Å². The molecule has 1 aromatic heterocycles. The van der Waals surface area contributed by atoms with E-state index in [2.05, 4.69) is 24.7 Å². The van der Waals surface area contributed by atoms with Crippen molar-refractivity contribution >= 4 is 17.3 Å². The van der Waals surface area contributed by atoms with Gasteiger partial charge in [0.1, 0.15) is 5.69 Å². The number of pyridine rings is 1. The Balaban J connectivity index is 3.50. The molecule has 0 saturated carbocycles. The second-order valence-corrected chi connectivity index (χ2v) is 3.13. The molecule has 1 heterocycles. The van der Waals surface area contributed by atoms with Gasteiger partial charge in [0.15, 0.2) is 0 Å². The van der Waals surface area contributed by atoms with Gasteiger partial charge in [0.05, 0.1) is 10.6 Å². The molecule has 0 aliphatic heterocycles. The molecule has 1 aromatic rings. The highest BCUT2D eigenvalue weighted by molar-refractivity contribution is 5.78. The van der Waals surface area contributed by atoms with Gasteiger partial charge in [-0.05, 0) is 12.1 Å². The highest BCUT2D eigenvalue weighted by Gasteiger charge is 2.17. The number of nitro groups is 1. The van der Waals surface area contributed by atoms with Crippen LogP contribution in [0, 0.1) is 10.1 Å². The minimum atomic E-state index is -0.477. The molecule has 0 atom stereocenters. The Bertz CT molecular complexity index is 516. The second-order valence-electron chi connectivity index (χ2n) is 3.13. The lowest BCUT2D eigenvalue weighted by Gasteiger charge is -2.03. The summed E-state index contributed by atoms with van der Waals surface area (Å²) in [7, 11) is 0. The summed E-state index contributed by atoms with van der Waals surface area (Å²) in [5.74, 6) is 0. The van der Waals surface area contributed by atoms with Gasteiger partial charge >= 0.3 is 0 Å². The van der Waals surface area contributed by atoms with Crippen LogP contribution in [0.4, 0.5) is 5.69 Å². The van der Waals surface area contributed by atoms with Gasteiger partial charge in [0.25, 0.3) is 5.69 Å². The summed E-state index contributed by atoms with van der Waals surface area (Å²) in [5, 5.41) is 10.9. The van der Waals surface area contributed by atoms with Crippen LogP contribution >= 0.6 is 0 Å². The molecule has 0 amide bonds. The van der Waals surface area contributed by atoms with Crippen molar-refractivity contribution in [2.24, 2.45) is 0 Å². The first-order chi connectivity index (χ1) is 8.13. The van der Waals surface area contributed by atoms with Gasteiger partial charge < -0.3 is 0 Å². The van der Waals surface area contributed by atoms with Crippen LogP contribution in [0.25, 0.3) is 11.6 Å². The van der Waals surface area contributed by atoms with Gasteiger partial charge in [0.2, 0.25) is 0 Å². The molecule has 0 aliphatic carbocycles. The van der Waals surface area contributed by atoms with Crippen LogP contribution in [0.2, 0.25) is 0 Å². The molecule has 0 saturated heterocycles.